The summed E-state index contributed by atoms with van der Waals surface area (Å²) in [6, 6.07) is 0. The Balaban J connectivity index is 1.69. The molecule has 2 unspecified atom stereocenters. The van der Waals surface area contributed by atoms with Gasteiger partial charge in [0.2, 0.25) is 0 Å². The maximum Gasteiger partial charge on any atom is -0.0207 e. The van der Waals surface area contributed by atoms with Gasteiger partial charge in [0.05, 0.1) is 0 Å². The fourth-order valence-corrected chi connectivity index (χ4v) is 3.08. The highest BCUT2D eigenvalue weighted by atomic mass is 14.4. The van der Waals surface area contributed by atoms with Crippen LogP contribution in [0.15, 0.2) is 0 Å². The number of fused-ring (bicyclic) bond motifs is 2. The van der Waals surface area contributed by atoms with Crippen molar-refractivity contribution in [1.82, 2.24) is 0 Å². The molecule has 12 heavy (non-hydrogen) atoms. The van der Waals surface area contributed by atoms with E-state index in [4.69, 9.17) is 0 Å². The Morgan fingerprint density at radius 1 is 1.25 bits per heavy atom. The van der Waals surface area contributed by atoms with Gasteiger partial charge in [0.25, 0.3) is 0 Å². The molecule has 69 valence electrons. The Bertz CT molecular complexity index is 139. The minimum atomic E-state index is 1.08. The first kappa shape index (κ1) is 8.59. The molecule has 0 nitrogen and oxygen atoms in total. The number of hydrogen-bond donors (Lipinski definition) is 0. The van der Waals surface area contributed by atoms with Crippen LogP contribution in [0.4, 0.5) is 0 Å². The Kier molecular flexibility index (Phi) is 2.73. The van der Waals surface area contributed by atoms with Crippen LogP contribution in [0.5, 0.6) is 0 Å². The molecule has 2 atom stereocenters. The normalized spacial score (nSPS) is 34.8. The molecule has 2 saturated carbocycles. The third kappa shape index (κ3) is 1.67. The summed E-state index contributed by atoms with van der Waals surface area (Å²) >= 11 is 0. The molecule has 2 fully saturated rings. The smallest absolute Gasteiger partial charge is 0.0207 e. The van der Waals surface area contributed by atoms with Crippen molar-refractivity contribution in [3.8, 4) is 0 Å². The van der Waals surface area contributed by atoms with Crippen molar-refractivity contribution in [3.63, 3.8) is 0 Å². The monoisotopic (exact) mass is 165 g/mol. The minimum absolute atomic E-state index is 1.08. The van der Waals surface area contributed by atoms with E-state index in [2.05, 4.69) is 6.92 Å². The molecule has 0 aliphatic heterocycles. The van der Waals surface area contributed by atoms with E-state index in [0.717, 1.165) is 11.8 Å². The average molecular weight is 165 g/mol. The van der Waals surface area contributed by atoms with Crippen LogP contribution in [-0.2, 0) is 0 Å². The highest BCUT2D eigenvalue weighted by Gasteiger charge is 2.38. The van der Waals surface area contributed by atoms with Gasteiger partial charge in [-0.2, -0.15) is 0 Å². The average Bonchev–Trinajstić information content (AvgIpc) is 2.65. The molecule has 0 heteroatoms. The van der Waals surface area contributed by atoms with Crippen molar-refractivity contribution in [2.45, 2.75) is 58.3 Å². The fraction of sp³-hybridized carbons (Fsp3) is 0.917. The van der Waals surface area contributed by atoms with Crippen LogP contribution in [-0.4, -0.2) is 0 Å². The molecule has 2 rings (SSSR count). The SMILES string of the molecule is CCCCC[C]1CC2CCC1C2. The summed E-state index contributed by atoms with van der Waals surface area (Å²) in [7, 11) is 0. The lowest BCUT2D eigenvalue weighted by Gasteiger charge is -2.20. The maximum absolute atomic E-state index is 2.30. The van der Waals surface area contributed by atoms with E-state index in [1.54, 1.807) is 12.8 Å². The molecule has 0 spiro atoms. The third-order valence-corrected chi connectivity index (χ3v) is 3.77. The highest BCUT2D eigenvalue weighted by molar-refractivity contribution is 5.08. The van der Waals surface area contributed by atoms with E-state index < -0.39 is 0 Å². The van der Waals surface area contributed by atoms with Gasteiger partial charge < -0.3 is 0 Å². The molecule has 2 bridgehead atoms. The second-order valence-electron chi connectivity index (χ2n) is 4.70. The van der Waals surface area contributed by atoms with Crippen molar-refractivity contribution < 1.29 is 0 Å². The summed E-state index contributed by atoms with van der Waals surface area (Å²) in [5, 5.41) is 0. The summed E-state index contributed by atoms with van der Waals surface area (Å²) in [6.45, 7) is 2.30. The minimum Gasteiger partial charge on any atom is -0.0654 e. The third-order valence-electron chi connectivity index (χ3n) is 3.77. The second kappa shape index (κ2) is 3.81. The first-order valence-electron chi connectivity index (χ1n) is 5.74. The molecule has 1 radical (unpaired) electrons. The summed E-state index contributed by atoms with van der Waals surface area (Å²) in [5.41, 5.74) is 0. The largest absolute Gasteiger partial charge is 0.0654 e. The summed E-state index contributed by atoms with van der Waals surface area (Å²) in [6.07, 6.45) is 11.9. The van der Waals surface area contributed by atoms with Gasteiger partial charge in [-0.15, -0.1) is 0 Å². The van der Waals surface area contributed by atoms with Crippen LogP contribution < -0.4 is 0 Å². The molecule has 0 aromatic heterocycles. The molecule has 0 aromatic carbocycles. The molecule has 0 N–H and O–H groups in total. The fourth-order valence-electron chi connectivity index (χ4n) is 3.08. The predicted molar refractivity (Wildman–Crippen MR) is 52.8 cm³/mol. The van der Waals surface area contributed by atoms with Crippen LogP contribution in [0.1, 0.15) is 58.3 Å². The van der Waals surface area contributed by atoms with E-state index >= 15 is 0 Å². The van der Waals surface area contributed by atoms with E-state index in [0.29, 0.717) is 0 Å². The Morgan fingerprint density at radius 3 is 2.75 bits per heavy atom. The van der Waals surface area contributed by atoms with Gasteiger partial charge in [-0.05, 0) is 43.4 Å². The Morgan fingerprint density at radius 2 is 2.17 bits per heavy atom. The van der Waals surface area contributed by atoms with Crippen molar-refractivity contribution in [2.24, 2.45) is 11.8 Å². The predicted octanol–water partition coefficient (Wildman–Crippen LogP) is 3.96. The first-order valence-corrected chi connectivity index (χ1v) is 5.74. The zero-order chi connectivity index (χ0) is 8.39. The number of unbranched alkanes of at least 4 members (excludes halogenated alkanes) is 2. The number of rotatable bonds is 4. The maximum atomic E-state index is 2.30. The summed E-state index contributed by atoms with van der Waals surface area (Å²) in [4.78, 5) is 0. The molecule has 0 saturated heterocycles. The molecule has 2 aliphatic rings. The number of hydrogen-bond acceptors (Lipinski definition) is 0. The standard InChI is InChI=1S/C12H21/c1-2-3-4-5-11-8-10-6-7-12(11)9-10/h10,12H,2-9H2,1H3. The Hall–Kier alpha value is 0. The van der Waals surface area contributed by atoms with Crippen LogP contribution in [0.2, 0.25) is 0 Å². The first-order chi connectivity index (χ1) is 5.90. The van der Waals surface area contributed by atoms with Crippen LogP contribution in [0.3, 0.4) is 0 Å². The summed E-state index contributed by atoms with van der Waals surface area (Å²) < 4.78 is 0. The van der Waals surface area contributed by atoms with E-state index in [-0.39, 0.29) is 0 Å². The van der Waals surface area contributed by atoms with Gasteiger partial charge in [0.15, 0.2) is 0 Å². The quantitative estimate of drug-likeness (QED) is 0.553. The lowest BCUT2D eigenvalue weighted by Crippen LogP contribution is -2.07. The van der Waals surface area contributed by atoms with Crippen LogP contribution in [0, 0.1) is 17.8 Å². The van der Waals surface area contributed by atoms with Crippen molar-refractivity contribution in [1.29, 1.82) is 0 Å². The van der Waals surface area contributed by atoms with Gasteiger partial charge in [-0.1, -0.05) is 32.6 Å². The van der Waals surface area contributed by atoms with Gasteiger partial charge in [-0.25, -0.2) is 0 Å². The van der Waals surface area contributed by atoms with Crippen molar-refractivity contribution in [2.75, 3.05) is 0 Å². The molecule has 0 amide bonds. The molecule has 2 aliphatic carbocycles. The highest BCUT2D eigenvalue weighted by Crippen LogP contribution is 2.51. The van der Waals surface area contributed by atoms with Crippen molar-refractivity contribution in [3.05, 3.63) is 5.92 Å². The van der Waals surface area contributed by atoms with E-state index in [1.807, 2.05) is 5.92 Å². The van der Waals surface area contributed by atoms with Gasteiger partial charge >= 0.3 is 0 Å². The van der Waals surface area contributed by atoms with E-state index in [9.17, 15) is 0 Å². The lowest BCUT2D eigenvalue weighted by atomic mass is 9.85. The summed E-state index contributed by atoms with van der Waals surface area (Å²) in [5.74, 6) is 4.14. The van der Waals surface area contributed by atoms with Gasteiger partial charge in [0, 0.05) is 0 Å². The topological polar surface area (TPSA) is 0 Å². The molecular weight excluding hydrogens is 144 g/mol. The van der Waals surface area contributed by atoms with Crippen molar-refractivity contribution >= 4 is 0 Å². The zero-order valence-electron chi connectivity index (χ0n) is 8.31. The molecular formula is C12H21. The molecule has 0 heterocycles. The van der Waals surface area contributed by atoms with Crippen LogP contribution >= 0.6 is 0 Å². The second-order valence-corrected chi connectivity index (χ2v) is 4.70. The lowest BCUT2D eigenvalue weighted by molar-refractivity contribution is 0.472. The Labute approximate surface area is 76.7 Å². The zero-order valence-corrected chi connectivity index (χ0v) is 8.31. The molecule has 0 aromatic rings. The van der Waals surface area contributed by atoms with Gasteiger partial charge in [0.1, 0.15) is 0 Å². The van der Waals surface area contributed by atoms with E-state index in [1.165, 1.54) is 38.5 Å². The van der Waals surface area contributed by atoms with Gasteiger partial charge in [-0.3, -0.25) is 0 Å². The van der Waals surface area contributed by atoms with Crippen LogP contribution in [0.25, 0.3) is 0 Å².